The number of carbonyl (C=O) groups is 2. The molecule has 1 saturated carbocycles. The summed E-state index contributed by atoms with van der Waals surface area (Å²) in [4.78, 5) is 28.3. The van der Waals surface area contributed by atoms with Gasteiger partial charge in [-0.25, -0.2) is 14.2 Å². The van der Waals surface area contributed by atoms with Crippen molar-refractivity contribution in [2.24, 2.45) is 5.92 Å². The molecule has 4 rings (SSSR count). The second-order valence-electron chi connectivity index (χ2n) is 9.28. The molecule has 1 aliphatic carbocycles. The molecule has 1 aromatic heterocycles. The highest BCUT2D eigenvalue weighted by atomic mass is 35.5. The number of amides is 1. The second-order valence-corrected chi connectivity index (χ2v) is 10.9. The van der Waals surface area contributed by atoms with Crippen molar-refractivity contribution in [3.05, 3.63) is 73.8 Å². The number of carbonyl (C=O) groups excluding carboxylic acids is 1. The number of aromatic nitrogens is 1. The van der Waals surface area contributed by atoms with Gasteiger partial charge in [-0.05, 0) is 50.0 Å². The Balaban J connectivity index is 1.43. The predicted octanol–water partition coefficient (Wildman–Crippen LogP) is 8.09. The van der Waals surface area contributed by atoms with Crippen LogP contribution in [0.1, 0.15) is 60.5 Å². The zero-order valence-corrected chi connectivity index (χ0v) is 23.1. The van der Waals surface area contributed by atoms with Crippen molar-refractivity contribution in [1.29, 1.82) is 0 Å². The molecule has 1 heterocycles. The normalized spacial score (nSPS) is 14.5. The first kappa shape index (κ1) is 28.2. The fourth-order valence-corrected chi connectivity index (χ4v) is 5.64. The summed E-state index contributed by atoms with van der Waals surface area (Å²) in [5, 5.41) is 14.0. The highest BCUT2D eigenvalue weighted by Gasteiger charge is 2.18. The van der Waals surface area contributed by atoms with Crippen molar-refractivity contribution in [2.45, 2.75) is 45.6 Å². The van der Waals surface area contributed by atoms with Crippen LogP contribution in [0.2, 0.25) is 10.0 Å². The van der Waals surface area contributed by atoms with Crippen molar-refractivity contribution in [3.8, 4) is 11.3 Å². The number of aliphatic carboxylic acids is 1. The Morgan fingerprint density at radius 1 is 1.21 bits per heavy atom. The largest absolute Gasteiger partial charge is 0.478 e. The number of carboxylic acid groups (broad SMARTS) is 1. The van der Waals surface area contributed by atoms with E-state index in [9.17, 15) is 9.59 Å². The third-order valence-electron chi connectivity index (χ3n) is 6.45. The second kappa shape index (κ2) is 12.8. The topological polar surface area (TPSA) is 88.5 Å². The van der Waals surface area contributed by atoms with E-state index in [0.29, 0.717) is 34.9 Å². The van der Waals surface area contributed by atoms with Crippen LogP contribution in [0.3, 0.4) is 0 Å². The number of nitrogens with zero attached hydrogens (tertiary/aromatic N) is 1. The molecule has 0 radical (unpaired) electrons. The number of nitrogens with one attached hydrogen (secondary N) is 1. The van der Waals surface area contributed by atoms with Gasteiger partial charge in [0.25, 0.3) is 5.91 Å². The first-order valence-corrected chi connectivity index (χ1v) is 13.9. The summed E-state index contributed by atoms with van der Waals surface area (Å²) < 4.78 is 21.1. The van der Waals surface area contributed by atoms with E-state index in [1.807, 2.05) is 0 Å². The molecule has 3 aromatic rings. The lowest BCUT2D eigenvalue weighted by atomic mass is 9.90. The minimum atomic E-state index is -1.10. The fraction of sp³-hybridized carbons (Fsp3) is 0.321. The van der Waals surface area contributed by atoms with Crippen LogP contribution in [0.25, 0.3) is 17.3 Å². The fourth-order valence-electron chi connectivity index (χ4n) is 4.33. The van der Waals surface area contributed by atoms with Crippen LogP contribution in [0.15, 0.2) is 41.3 Å². The van der Waals surface area contributed by atoms with Crippen LogP contribution in [0.4, 0.5) is 9.52 Å². The van der Waals surface area contributed by atoms with Crippen LogP contribution >= 0.6 is 34.5 Å². The molecule has 0 aliphatic heterocycles. The summed E-state index contributed by atoms with van der Waals surface area (Å²) in [5.41, 5.74) is 1.72. The number of halogens is 3. The number of benzene rings is 2. The average molecular weight is 578 g/mol. The lowest BCUT2D eigenvalue weighted by Crippen LogP contribution is -2.13. The summed E-state index contributed by atoms with van der Waals surface area (Å²) in [6, 6.07) is 7.91. The van der Waals surface area contributed by atoms with Crippen molar-refractivity contribution in [3.63, 3.8) is 0 Å². The molecule has 0 unspecified atom stereocenters. The SMILES string of the molecule is CC(=Cc1c(Cl)cc(C(=O)Nc2nc(-c3cccc(COCC4CCCCC4)c3F)cs2)cc1Cl)C(=O)O. The number of rotatable bonds is 9. The Hall–Kier alpha value is -2.78. The molecule has 2 aromatic carbocycles. The molecule has 38 heavy (non-hydrogen) atoms. The van der Waals surface area contributed by atoms with Crippen LogP contribution in [-0.4, -0.2) is 28.6 Å². The molecule has 1 aliphatic rings. The van der Waals surface area contributed by atoms with Gasteiger partial charge in [0.15, 0.2) is 5.13 Å². The number of carboxylic acids is 1. The van der Waals surface area contributed by atoms with Crippen LogP contribution in [-0.2, 0) is 16.1 Å². The Morgan fingerprint density at radius 3 is 2.61 bits per heavy atom. The number of anilines is 1. The van der Waals surface area contributed by atoms with Crippen molar-refractivity contribution < 1.29 is 23.8 Å². The van der Waals surface area contributed by atoms with Crippen LogP contribution < -0.4 is 5.32 Å². The van der Waals surface area contributed by atoms with Gasteiger partial charge in [0, 0.05) is 39.8 Å². The minimum Gasteiger partial charge on any atom is -0.478 e. The zero-order valence-electron chi connectivity index (χ0n) is 20.7. The van der Waals surface area contributed by atoms with Gasteiger partial charge in [-0.3, -0.25) is 10.1 Å². The number of thiazole rings is 1. The quantitative estimate of drug-likeness (QED) is 0.251. The molecule has 10 heteroatoms. The maximum absolute atomic E-state index is 15.3. The standard InChI is InChI=1S/C28H27Cl2FN2O4S/c1-16(27(35)36)10-21-22(29)11-19(12-23(21)30)26(34)33-28-32-24(15-38-28)20-9-5-8-18(25(20)31)14-37-13-17-6-3-2-4-7-17/h5,8-12,15,17H,2-4,6-7,13-14H2,1H3,(H,35,36)(H,32,33,34). The van der Waals surface area contributed by atoms with Gasteiger partial charge in [-0.2, -0.15) is 0 Å². The van der Waals surface area contributed by atoms with Gasteiger partial charge in [0.05, 0.1) is 22.3 Å². The highest BCUT2D eigenvalue weighted by molar-refractivity contribution is 7.14. The molecule has 200 valence electrons. The van der Waals surface area contributed by atoms with Crippen LogP contribution in [0, 0.1) is 11.7 Å². The molecule has 0 spiro atoms. The predicted molar refractivity (Wildman–Crippen MR) is 149 cm³/mol. The average Bonchev–Trinajstić information content (AvgIpc) is 3.35. The van der Waals surface area contributed by atoms with Gasteiger partial charge in [0.1, 0.15) is 5.82 Å². The molecule has 0 atom stereocenters. The molecule has 1 fully saturated rings. The van der Waals surface area contributed by atoms with Gasteiger partial charge in [0.2, 0.25) is 0 Å². The Labute approximate surface area is 234 Å². The van der Waals surface area contributed by atoms with E-state index in [-0.39, 0.29) is 32.9 Å². The minimum absolute atomic E-state index is 0.0494. The van der Waals surface area contributed by atoms with Crippen molar-refractivity contribution in [2.75, 3.05) is 11.9 Å². The van der Waals surface area contributed by atoms with Crippen LogP contribution in [0.5, 0.6) is 0 Å². The number of ether oxygens (including phenoxy) is 1. The van der Waals surface area contributed by atoms with Gasteiger partial charge in [-0.1, -0.05) is 54.6 Å². The van der Waals surface area contributed by atoms with Gasteiger partial charge in [-0.15, -0.1) is 11.3 Å². The van der Waals surface area contributed by atoms with E-state index in [0.717, 1.165) is 11.3 Å². The smallest absolute Gasteiger partial charge is 0.331 e. The lowest BCUT2D eigenvalue weighted by Gasteiger charge is -2.21. The first-order valence-electron chi connectivity index (χ1n) is 12.3. The summed E-state index contributed by atoms with van der Waals surface area (Å²) in [7, 11) is 0. The summed E-state index contributed by atoms with van der Waals surface area (Å²) in [6.45, 7) is 2.25. The van der Waals surface area contributed by atoms with E-state index >= 15 is 4.39 Å². The molecule has 0 bridgehead atoms. The Kier molecular flexibility index (Phi) is 9.54. The van der Waals surface area contributed by atoms with E-state index in [1.165, 1.54) is 57.2 Å². The van der Waals surface area contributed by atoms with Crippen molar-refractivity contribution >= 4 is 57.6 Å². The maximum Gasteiger partial charge on any atom is 0.331 e. The zero-order chi connectivity index (χ0) is 27.2. The third-order valence-corrected chi connectivity index (χ3v) is 7.84. The molecule has 6 nitrogen and oxygen atoms in total. The highest BCUT2D eigenvalue weighted by Crippen LogP contribution is 2.32. The van der Waals surface area contributed by atoms with E-state index in [1.54, 1.807) is 23.6 Å². The third kappa shape index (κ3) is 6.99. The van der Waals surface area contributed by atoms with Crippen molar-refractivity contribution in [1.82, 2.24) is 4.98 Å². The molecular weight excluding hydrogens is 550 g/mol. The number of hydrogen-bond acceptors (Lipinski definition) is 5. The maximum atomic E-state index is 15.3. The number of hydrogen-bond donors (Lipinski definition) is 2. The van der Waals surface area contributed by atoms with Gasteiger partial charge < -0.3 is 9.84 Å². The summed E-state index contributed by atoms with van der Waals surface area (Å²) in [6.07, 6.45) is 7.42. The Bertz CT molecular complexity index is 1350. The summed E-state index contributed by atoms with van der Waals surface area (Å²) in [5.74, 6) is -1.46. The first-order chi connectivity index (χ1) is 18.2. The molecular formula is C28H27Cl2FN2O4S. The van der Waals surface area contributed by atoms with Gasteiger partial charge >= 0.3 is 5.97 Å². The molecule has 1 amide bonds. The molecule has 0 saturated heterocycles. The Morgan fingerprint density at radius 2 is 1.92 bits per heavy atom. The monoisotopic (exact) mass is 576 g/mol. The summed E-state index contributed by atoms with van der Waals surface area (Å²) >= 11 is 13.7. The van der Waals surface area contributed by atoms with E-state index < -0.39 is 17.7 Å². The lowest BCUT2D eigenvalue weighted by molar-refractivity contribution is -0.132. The van der Waals surface area contributed by atoms with E-state index in [4.69, 9.17) is 33.0 Å². The van der Waals surface area contributed by atoms with E-state index in [2.05, 4.69) is 10.3 Å². The molecule has 2 N–H and O–H groups in total.